The molecule has 0 spiro atoms. The first-order valence-corrected chi connectivity index (χ1v) is 6.32. The maximum absolute atomic E-state index is 11.7. The molecule has 1 aromatic carbocycles. The second-order valence-corrected chi connectivity index (χ2v) is 5.16. The van der Waals surface area contributed by atoms with Crippen LogP contribution in [-0.2, 0) is 14.9 Å². The Morgan fingerprint density at radius 3 is 2.53 bits per heavy atom. The van der Waals surface area contributed by atoms with Gasteiger partial charge >= 0.3 is 5.97 Å². The Morgan fingerprint density at radius 1 is 1.42 bits per heavy atom. The van der Waals surface area contributed by atoms with E-state index in [1.807, 2.05) is 39.0 Å². The molecule has 2 N–H and O–H groups in total. The van der Waals surface area contributed by atoms with Crippen LogP contribution in [0.15, 0.2) is 18.2 Å². The summed E-state index contributed by atoms with van der Waals surface area (Å²) >= 11 is 0. The fraction of sp³-hybridized carbons (Fsp3) is 0.533. The number of ether oxygens (including phenoxy) is 2. The number of nitrogens with two attached hydrogens (primary N) is 1. The Labute approximate surface area is 114 Å². The van der Waals surface area contributed by atoms with Crippen LogP contribution in [0, 0.1) is 6.92 Å². The highest BCUT2D eigenvalue weighted by molar-refractivity contribution is 5.72. The summed E-state index contributed by atoms with van der Waals surface area (Å²) in [6, 6.07) is 5.69. The van der Waals surface area contributed by atoms with Gasteiger partial charge in [0.1, 0.15) is 5.75 Å². The summed E-state index contributed by atoms with van der Waals surface area (Å²) in [6.07, 6.45) is 0.223. The van der Waals surface area contributed by atoms with Crippen LogP contribution in [-0.4, -0.2) is 26.2 Å². The molecule has 2 unspecified atom stereocenters. The molecule has 0 heterocycles. The predicted octanol–water partition coefficient (Wildman–Crippen LogP) is 2.17. The summed E-state index contributed by atoms with van der Waals surface area (Å²) in [5, 5.41) is 0. The summed E-state index contributed by atoms with van der Waals surface area (Å²) in [5.74, 6) is 0.470. The van der Waals surface area contributed by atoms with Gasteiger partial charge in [-0.2, -0.15) is 0 Å². The van der Waals surface area contributed by atoms with Crippen LogP contribution < -0.4 is 10.5 Å². The molecule has 0 aromatic heterocycles. The van der Waals surface area contributed by atoms with Gasteiger partial charge in [-0.1, -0.05) is 24.6 Å². The molecule has 1 rings (SSSR count). The highest BCUT2D eigenvalue weighted by atomic mass is 16.5. The summed E-state index contributed by atoms with van der Waals surface area (Å²) in [7, 11) is 3.01. The standard InChI is InChI=1S/C15H23NO3/c1-10-6-7-13(18-4)12(8-10)15(3,11(2)16)9-14(17)19-5/h6-8,11H,9,16H2,1-5H3. The molecule has 1 aromatic rings. The fourth-order valence-electron chi connectivity index (χ4n) is 2.14. The first-order valence-electron chi connectivity index (χ1n) is 6.32. The van der Waals surface area contributed by atoms with Crippen molar-refractivity contribution in [2.24, 2.45) is 5.73 Å². The van der Waals surface area contributed by atoms with E-state index >= 15 is 0 Å². The number of carbonyl (C=O) groups is 1. The third-order valence-corrected chi connectivity index (χ3v) is 3.71. The fourth-order valence-corrected chi connectivity index (χ4v) is 2.14. The van der Waals surface area contributed by atoms with Gasteiger partial charge in [0.05, 0.1) is 20.6 Å². The number of aryl methyl sites for hydroxylation is 1. The number of benzene rings is 1. The van der Waals surface area contributed by atoms with Crippen molar-refractivity contribution in [2.75, 3.05) is 14.2 Å². The molecule has 0 saturated heterocycles. The van der Waals surface area contributed by atoms with E-state index in [0.717, 1.165) is 16.9 Å². The SMILES string of the molecule is COC(=O)CC(C)(c1cc(C)ccc1OC)C(C)N. The zero-order valence-corrected chi connectivity index (χ0v) is 12.3. The number of hydrogen-bond acceptors (Lipinski definition) is 4. The number of esters is 1. The molecule has 106 valence electrons. The molecule has 0 radical (unpaired) electrons. The predicted molar refractivity (Wildman–Crippen MR) is 75.4 cm³/mol. The molecule has 0 aliphatic carbocycles. The van der Waals surface area contributed by atoms with E-state index in [4.69, 9.17) is 15.2 Å². The molecule has 0 fully saturated rings. The van der Waals surface area contributed by atoms with Gasteiger partial charge in [-0.3, -0.25) is 4.79 Å². The zero-order valence-electron chi connectivity index (χ0n) is 12.3. The average Bonchev–Trinajstić information content (AvgIpc) is 2.38. The lowest BCUT2D eigenvalue weighted by atomic mass is 9.73. The van der Waals surface area contributed by atoms with Crippen molar-refractivity contribution in [3.05, 3.63) is 29.3 Å². The normalized spacial score (nSPS) is 15.5. The monoisotopic (exact) mass is 265 g/mol. The molecule has 0 aliphatic heterocycles. The number of methoxy groups -OCH3 is 2. The Bertz CT molecular complexity index is 457. The highest BCUT2D eigenvalue weighted by Crippen LogP contribution is 2.37. The summed E-state index contributed by atoms with van der Waals surface area (Å²) in [4.78, 5) is 11.7. The van der Waals surface area contributed by atoms with Crippen LogP contribution in [0.5, 0.6) is 5.75 Å². The van der Waals surface area contributed by atoms with Crippen molar-refractivity contribution >= 4 is 5.97 Å². The van der Waals surface area contributed by atoms with Crippen molar-refractivity contribution in [1.82, 2.24) is 0 Å². The minimum Gasteiger partial charge on any atom is -0.496 e. The van der Waals surface area contributed by atoms with Crippen LogP contribution in [0.3, 0.4) is 0 Å². The maximum Gasteiger partial charge on any atom is 0.306 e. The molecule has 19 heavy (non-hydrogen) atoms. The molecule has 4 nitrogen and oxygen atoms in total. The van der Waals surface area contributed by atoms with Gasteiger partial charge in [-0.25, -0.2) is 0 Å². The highest BCUT2D eigenvalue weighted by Gasteiger charge is 2.36. The van der Waals surface area contributed by atoms with Crippen molar-refractivity contribution in [2.45, 2.75) is 38.6 Å². The molecule has 2 atom stereocenters. The Kier molecular flexibility index (Phi) is 4.95. The van der Waals surface area contributed by atoms with E-state index in [2.05, 4.69) is 0 Å². The quantitative estimate of drug-likeness (QED) is 0.829. The van der Waals surface area contributed by atoms with Crippen molar-refractivity contribution in [3.63, 3.8) is 0 Å². The Hall–Kier alpha value is -1.55. The van der Waals surface area contributed by atoms with Crippen molar-refractivity contribution in [1.29, 1.82) is 0 Å². The Balaban J connectivity index is 3.32. The second kappa shape index (κ2) is 6.06. The second-order valence-electron chi connectivity index (χ2n) is 5.16. The lowest BCUT2D eigenvalue weighted by Crippen LogP contribution is -2.43. The van der Waals surface area contributed by atoms with E-state index in [1.54, 1.807) is 7.11 Å². The third kappa shape index (κ3) is 3.26. The van der Waals surface area contributed by atoms with Crippen LogP contribution in [0.2, 0.25) is 0 Å². The summed E-state index contributed by atoms with van der Waals surface area (Å²) in [6.45, 7) is 5.86. The van der Waals surface area contributed by atoms with E-state index < -0.39 is 5.41 Å². The first kappa shape index (κ1) is 15.5. The Morgan fingerprint density at radius 2 is 2.05 bits per heavy atom. The third-order valence-electron chi connectivity index (χ3n) is 3.71. The lowest BCUT2D eigenvalue weighted by Gasteiger charge is -2.34. The van der Waals surface area contributed by atoms with Crippen LogP contribution >= 0.6 is 0 Å². The largest absolute Gasteiger partial charge is 0.496 e. The van der Waals surface area contributed by atoms with Gasteiger partial charge in [0.2, 0.25) is 0 Å². The number of carbonyl (C=O) groups excluding carboxylic acids is 1. The maximum atomic E-state index is 11.7. The van der Waals surface area contributed by atoms with Gasteiger partial charge < -0.3 is 15.2 Å². The number of hydrogen-bond donors (Lipinski definition) is 1. The average molecular weight is 265 g/mol. The van der Waals surface area contributed by atoms with Gasteiger partial charge in [0.25, 0.3) is 0 Å². The topological polar surface area (TPSA) is 61.5 Å². The van der Waals surface area contributed by atoms with E-state index in [0.29, 0.717) is 0 Å². The molecular formula is C15H23NO3. The molecule has 4 heteroatoms. The van der Waals surface area contributed by atoms with E-state index in [9.17, 15) is 4.79 Å². The minimum atomic E-state index is -0.523. The zero-order chi connectivity index (χ0) is 14.6. The lowest BCUT2D eigenvalue weighted by molar-refractivity contribution is -0.142. The van der Waals surface area contributed by atoms with Gasteiger partial charge in [0.15, 0.2) is 0 Å². The molecular weight excluding hydrogens is 242 g/mol. The molecule has 0 aliphatic rings. The van der Waals surface area contributed by atoms with Gasteiger partial charge in [-0.05, 0) is 19.9 Å². The smallest absolute Gasteiger partial charge is 0.306 e. The van der Waals surface area contributed by atoms with Gasteiger partial charge in [0, 0.05) is 17.0 Å². The minimum absolute atomic E-state index is 0.206. The molecule has 0 amide bonds. The molecule has 0 bridgehead atoms. The summed E-state index contributed by atoms with van der Waals surface area (Å²) in [5.41, 5.74) is 7.64. The van der Waals surface area contributed by atoms with Crippen molar-refractivity contribution < 1.29 is 14.3 Å². The van der Waals surface area contributed by atoms with Crippen LogP contribution in [0.25, 0.3) is 0 Å². The summed E-state index contributed by atoms with van der Waals surface area (Å²) < 4.78 is 10.2. The van der Waals surface area contributed by atoms with Crippen LogP contribution in [0.4, 0.5) is 0 Å². The van der Waals surface area contributed by atoms with Crippen LogP contribution in [0.1, 0.15) is 31.4 Å². The first-order chi connectivity index (χ1) is 8.85. The van der Waals surface area contributed by atoms with E-state index in [-0.39, 0.29) is 18.4 Å². The van der Waals surface area contributed by atoms with E-state index in [1.165, 1.54) is 7.11 Å². The number of rotatable bonds is 5. The molecule has 0 saturated carbocycles. The van der Waals surface area contributed by atoms with Crippen molar-refractivity contribution in [3.8, 4) is 5.75 Å². The van der Waals surface area contributed by atoms with Gasteiger partial charge in [-0.15, -0.1) is 0 Å².